The summed E-state index contributed by atoms with van der Waals surface area (Å²) in [5, 5.41) is 2.71. The van der Waals surface area contributed by atoms with Crippen LogP contribution in [-0.2, 0) is 4.74 Å². The minimum atomic E-state index is -0.480. The maximum absolute atomic E-state index is 11.4. The third-order valence-electron chi connectivity index (χ3n) is 2.50. The van der Waals surface area contributed by atoms with Crippen molar-refractivity contribution in [3.8, 4) is 0 Å². The molecule has 0 spiro atoms. The van der Waals surface area contributed by atoms with Gasteiger partial charge in [0.25, 0.3) is 0 Å². The zero-order valence-electron chi connectivity index (χ0n) is 11.0. The van der Waals surface area contributed by atoms with Gasteiger partial charge < -0.3 is 15.8 Å². The lowest BCUT2D eigenvalue weighted by Crippen LogP contribution is -2.42. The second-order valence-corrected chi connectivity index (χ2v) is 5.40. The van der Waals surface area contributed by atoms with E-state index in [2.05, 4.69) is 11.9 Å². The molecule has 4 heteroatoms. The molecule has 16 heavy (non-hydrogen) atoms. The zero-order valence-corrected chi connectivity index (χ0v) is 11.0. The summed E-state index contributed by atoms with van der Waals surface area (Å²) < 4.78 is 5.14. The van der Waals surface area contributed by atoms with Crippen LogP contribution in [0.4, 0.5) is 4.79 Å². The van der Waals surface area contributed by atoms with E-state index in [0.29, 0.717) is 13.1 Å². The second kappa shape index (κ2) is 5.34. The SMILES string of the molecule is C=C(C)C(C)(CN)CNC(=O)OC(C)(C)C. The average molecular weight is 228 g/mol. The predicted molar refractivity (Wildman–Crippen MR) is 66.2 cm³/mol. The average Bonchev–Trinajstić information content (AvgIpc) is 2.11. The van der Waals surface area contributed by atoms with Crippen molar-refractivity contribution in [1.29, 1.82) is 0 Å². The van der Waals surface area contributed by atoms with Crippen LogP contribution in [0, 0.1) is 5.41 Å². The summed E-state index contributed by atoms with van der Waals surface area (Å²) in [5.74, 6) is 0. The predicted octanol–water partition coefficient (Wildman–Crippen LogP) is 2.05. The summed E-state index contributed by atoms with van der Waals surface area (Å²) in [6.45, 7) is 14.1. The number of hydrogen-bond acceptors (Lipinski definition) is 3. The Bertz CT molecular complexity index is 269. The number of ether oxygens (including phenoxy) is 1. The molecule has 1 amide bonds. The van der Waals surface area contributed by atoms with E-state index in [1.807, 2.05) is 34.6 Å². The van der Waals surface area contributed by atoms with Gasteiger partial charge in [0.1, 0.15) is 5.60 Å². The normalized spacial score (nSPS) is 15.1. The Morgan fingerprint density at radius 3 is 2.19 bits per heavy atom. The molecule has 0 saturated heterocycles. The van der Waals surface area contributed by atoms with E-state index in [4.69, 9.17) is 10.5 Å². The topological polar surface area (TPSA) is 64.3 Å². The van der Waals surface area contributed by atoms with Gasteiger partial charge in [-0.15, -0.1) is 0 Å². The Morgan fingerprint density at radius 1 is 1.38 bits per heavy atom. The molecular weight excluding hydrogens is 204 g/mol. The quantitative estimate of drug-likeness (QED) is 0.724. The van der Waals surface area contributed by atoms with Crippen molar-refractivity contribution in [2.75, 3.05) is 13.1 Å². The van der Waals surface area contributed by atoms with Crippen molar-refractivity contribution in [2.45, 2.75) is 40.2 Å². The van der Waals surface area contributed by atoms with Crippen LogP contribution in [0.15, 0.2) is 12.2 Å². The van der Waals surface area contributed by atoms with E-state index in [1.54, 1.807) is 0 Å². The van der Waals surface area contributed by atoms with Gasteiger partial charge in [0.05, 0.1) is 0 Å². The Kier molecular flexibility index (Phi) is 5.00. The van der Waals surface area contributed by atoms with E-state index >= 15 is 0 Å². The first kappa shape index (κ1) is 15.0. The lowest BCUT2D eigenvalue weighted by atomic mass is 9.84. The largest absolute Gasteiger partial charge is 0.444 e. The standard InChI is InChI=1S/C12H24N2O2/c1-9(2)12(6,7-13)8-14-10(15)16-11(3,4)5/h1,7-8,13H2,2-6H3,(H,14,15). The van der Waals surface area contributed by atoms with Crippen molar-refractivity contribution in [2.24, 2.45) is 11.1 Å². The minimum Gasteiger partial charge on any atom is -0.444 e. The third kappa shape index (κ3) is 5.16. The van der Waals surface area contributed by atoms with Gasteiger partial charge in [-0.25, -0.2) is 4.79 Å². The van der Waals surface area contributed by atoms with Crippen molar-refractivity contribution in [3.05, 3.63) is 12.2 Å². The van der Waals surface area contributed by atoms with Gasteiger partial charge in [0.15, 0.2) is 0 Å². The lowest BCUT2D eigenvalue weighted by Gasteiger charge is -2.29. The van der Waals surface area contributed by atoms with Crippen LogP contribution >= 0.6 is 0 Å². The minimum absolute atomic E-state index is 0.281. The fourth-order valence-electron chi connectivity index (χ4n) is 0.979. The van der Waals surface area contributed by atoms with Gasteiger partial charge in [-0.3, -0.25) is 0 Å². The van der Waals surface area contributed by atoms with Crippen LogP contribution in [0.2, 0.25) is 0 Å². The molecule has 0 aromatic carbocycles. The van der Waals surface area contributed by atoms with Crippen LogP contribution in [0.3, 0.4) is 0 Å². The fraction of sp³-hybridized carbons (Fsp3) is 0.750. The highest BCUT2D eigenvalue weighted by molar-refractivity contribution is 5.67. The lowest BCUT2D eigenvalue weighted by molar-refractivity contribution is 0.0511. The molecule has 0 aromatic heterocycles. The Hall–Kier alpha value is -1.03. The molecule has 0 saturated carbocycles. The van der Waals surface area contributed by atoms with E-state index in [1.165, 1.54) is 0 Å². The third-order valence-corrected chi connectivity index (χ3v) is 2.50. The van der Waals surface area contributed by atoms with Gasteiger partial charge in [-0.05, 0) is 27.7 Å². The summed E-state index contributed by atoms with van der Waals surface area (Å²) in [7, 11) is 0. The molecule has 0 aliphatic rings. The Labute approximate surface area is 98.2 Å². The monoisotopic (exact) mass is 228 g/mol. The molecule has 0 fully saturated rings. The van der Waals surface area contributed by atoms with Crippen LogP contribution in [0.5, 0.6) is 0 Å². The molecule has 4 nitrogen and oxygen atoms in total. The van der Waals surface area contributed by atoms with E-state index in [9.17, 15) is 4.79 Å². The van der Waals surface area contributed by atoms with E-state index in [0.717, 1.165) is 5.57 Å². The highest BCUT2D eigenvalue weighted by Gasteiger charge is 2.25. The van der Waals surface area contributed by atoms with Crippen LogP contribution in [0.25, 0.3) is 0 Å². The smallest absolute Gasteiger partial charge is 0.407 e. The molecule has 0 heterocycles. The second-order valence-electron chi connectivity index (χ2n) is 5.40. The number of nitrogens with two attached hydrogens (primary N) is 1. The number of alkyl carbamates (subject to hydrolysis) is 1. The maximum atomic E-state index is 11.4. The van der Waals surface area contributed by atoms with Crippen molar-refractivity contribution >= 4 is 6.09 Å². The number of carbonyl (C=O) groups excluding carboxylic acids is 1. The summed E-state index contributed by atoms with van der Waals surface area (Å²) in [6.07, 6.45) is -0.423. The van der Waals surface area contributed by atoms with Gasteiger partial charge >= 0.3 is 6.09 Å². The maximum Gasteiger partial charge on any atom is 0.407 e. The fourth-order valence-corrected chi connectivity index (χ4v) is 0.979. The van der Waals surface area contributed by atoms with Gasteiger partial charge in [0.2, 0.25) is 0 Å². The molecule has 0 radical (unpaired) electrons. The van der Waals surface area contributed by atoms with Crippen molar-refractivity contribution < 1.29 is 9.53 Å². The van der Waals surface area contributed by atoms with Crippen molar-refractivity contribution in [1.82, 2.24) is 5.32 Å². The molecule has 94 valence electrons. The zero-order chi connectivity index (χ0) is 13.0. The van der Waals surface area contributed by atoms with Crippen LogP contribution in [0.1, 0.15) is 34.6 Å². The van der Waals surface area contributed by atoms with E-state index in [-0.39, 0.29) is 5.41 Å². The van der Waals surface area contributed by atoms with Crippen LogP contribution in [-0.4, -0.2) is 24.8 Å². The Balaban J connectivity index is 4.24. The number of rotatable bonds is 4. The molecule has 1 atom stereocenters. The first-order valence-corrected chi connectivity index (χ1v) is 5.43. The Morgan fingerprint density at radius 2 is 1.88 bits per heavy atom. The van der Waals surface area contributed by atoms with Gasteiger partial charge in [-0.1, -0.05) is 19.1 Å². The highest BCUT2D eigenvalue weighted by Crippen LogP contribution is 2.22. The van der Waals surface area contributed by atoms with Crippen LogP contribution < -0.4 is 11.1 Å². The number of hydrogen-bond donors (Lipinski definition) is 2. The summed E-state index contributed by atoms with van der Waals surface area (Å²) >= 11 is 0. The van der Waals surface area contributed by atoms with Crippen molar-refractivity contribution in [3.63, 3.8) is 0 Å². The van der Waals surface area contributed by atoms with Gasteiger partial charge in [0, 0.05) is 18.5 Å². The first-order valence-electron chi connectivity index (χ1n) is 5.43. The number of carbonyl (C=O) groups is 1. The number of amides is 1. The van der Waals surface area contributed by atoms with E-state index < -0.39 is 11.7 Å². The summed E-state index contributed by atoms with van der Waals surface area (Å²) in [6, 6.07) is 0. The molecule has 1 unspecified atom stereocenters. The van der Waals surface area contributed by atoms with Gasteiger partial charge in [-0.2, -0.15) is 0 Å². The molecule has 0 aliphatic heterocycles. The molecule has 0 aliphatic carbocycles. The summed E-state index contributed by atoms with van der Waals surface area (Å²) in [4.78, 5) is 11.4. The number of nitrogens with one attached hydrogen (secondary N) is 1. The summed E-state index contributed by atoms with van der Waals surface area (Å²) in [5.41, 5.74) is 5.86. The molecular formula is C12H24N2O2. The first-order chi connectivity index (χ1) is 7.10. The molecule has 0 bridgehead atoms. The molecule has 3 N–H and O–H groups in total. The highest BCUT2D eigenvalue weighted by atomic mass is 16.6. The molecule has 0 aromatic rings. The molecule has 0 rings (SSSR count).